The number of aliphatic hydroxyl groups excluding tert-OH is 1. The Morgan fingerprint density at radius 2 is 2.25 bits per heavy atom. The summed E-state index contributed by atoms with van der Waals surface area (Å²) >= 11 is 0. The number of carbonyl (C=O) groups is 1. The largest absolute Gasteiger partial charge is 0.393 e. The van der Waals surface area contributed by atoms with E-state index >= 15 is 0 Å². The lowest BCUT2D eigenvalue weighted by atomic mass is 9.94. The molecular formula is C19H32N2O3. The van der Waals surface area contributed by atoms with Gasteiger partial charge in [0.25, 0.3) is 0 Å². The fourth-order valence-corrected chi connectivity index (χ4v) is 4.40. The molecule has 24 heavy (non-hydrogen) atoms. The second-order valence-electron chi connectivity index (χ2n) is 7.48. The number of amides is 1. The van der Waals surface area contributed by atoms with Crippen LogP contribution in [0.5, 0.6) is 0 Å². The van der Waals surface area contributed by atoms with E-state index in [2.05, 4.69) is 16.3 Å². The number of allylic oxidation sites excluding steroid dienone is 1. The van der Waals surface area contributed by atoms with Crippen LogP contribution >= 0.6 is 0 Å². The van der Waals surface area contributed by atoms with E-state index in [-0.39, 0.29) is 24.0 Å². The highest BCUT2D eigenvalue weighted by Gasteiger charge is 2.38. The van der Waals surface area contributed by atoms with Crippen LogP contribution in [0, 0.1) is 5.92 Å². The van der Waals surface area contributed by atoms with Crippen molar-refractivity contribution in [3.8, 4) is 0 Å². The van der Waals surface area contributed by atoms with Crippen LogP contribution in [-0.4, -0.2) is 60.9 Å². The Morgan fingerprint density at radius 3 is 3.00 bits per heavy atom. The summed E-state index contributed by atoms with van der Waals surface area (Å²) in [4.78, 5) is 14.5. The van der Waals surface area contributed by atoms with Crippen LogP contribution in [0.15, 0.2) is 11.6 Å². The third-order valence-electron chi connectivity index (χ3n) is 5.81. The summed E-state index contributed by atoms with van der Waals surface area (Å²) in [5.74, 6) is 0.358. The van der Waals surface area contributed by atoms with Gasteiger partial charge < -0.3 is 15.2 Å². The third-order valence-corrected chi connectivity index (χ3v) is 5.81. The molecule has 1 amide bonds. The fraction of sp³-hybridized carbons (Fsp3) is 0.842. The summed E-state index contributed by atoms with van der Waals surface area (Å²) in [6, 6.07) is 0.183. The van der Waals surface area contributed by atoms with Crippen LogP contribution in [0.2, 0.25) is 0 Å². The van der Waals surface area contributed by atoms with Gasteiger partial charge >= 0.3 is 0 Å². The van der Waals surface area contributed by atoms with E-state index in [9.17, 15) is 9.90 Å². The Balaban J connectivity index is 1.44. The monoisotopic (exact) mass is 336 g/mol. The van der Waals surface area contributed by atoms with Crippen molar-refractivity contribution in [2.24, 2.45) is 5.92 Å². The smallest absolute Gasteiger partial charge is 0.234 e. The molecule has 0 radical (unpaired) electrons. The predicted molar refractivity (Wildman–Crippen MR) is 93.7 cm³/mol. The summed E-state index contributed by atoms with van der Waals surface area (Å²) < 4.78 is 5.62. The van der Waals surface area contributed by atoms with E-state index in [0.29, 0.717) is 19.8 Å². The quantitative estimate of drug-likeness (QED) is 0.727. The van der Waals surface area contributed by atoms with Crippen molar-refractivity contribution in [1.29, 1.82) is 0 Å². The van der Waals surface area contributed by atoms with Crippen molar-refractivity contribution < 1.29 is 14.6 Å². The average Bonchev–Trinajstić information content (AvgIpc) is 3.02. The van der Waals surface area contributed by atoms with Gasteiger partial charge in [-0.1, -0.05) is 18.1 Å². The van der Waals surface area contributed by atoms with Gasteiger partial charge in [0.15, 0.2) is 0 Å². The normalized spacial score (nSPS) is 31.7. The van der Waals surface area contributed by atoms with Crippen LogP contribution in [-0.2, 0) is 9.53 Å². The Labute approximate surface area is 145 Å². The van der Waals surface area contributed by atoms with Crippen molar-refractivity contribution >= 4 is 5.91 Å². The topological polar surface area (TPSA) is 61.8 Å². The molecule has 1 aliphatic heterocycles. The summed E-state index contributed by atoms with van der Waals surface area (Å²) in [7, 11) is 0. The number of nitrogens with one attached hydrogen (secondary N) is 1. The zero-order valence-corrected chi connectivity index (χ0v) is 14.7. The Kier molecular flexibility index (Phi) is 6.69. The van der Waals surface area contributed by atoms with E-state index in [1.165, 1.54) is 31.3 Å². The van der Waals surface area contributed by atoms with Gasteiger partial charge in [0.1, 0.15) is 0 Å². The number of nitrogens with zero attached hydrogens (tertiary/aromatic N) is 1. The number of ether oxygens (including phenoxy) is 1. The molecule has 0 aromatic carbocycles. The molecular weight excluding hydrogens is 304 g/mol. The standard InChI is InChI=1S/C19H32N2O3/c22-18-8-4-7-16(18)17-14-24-12-11-21(17)13-19(23)20-10-9-15-5-2-1-3-6-15/h5,16-18,22H,1-4,6-14H2,(H,20,23). The molecule has 3 unspecified atom stereocenters. The molecule has 2 aliphatic carbocycles. The van der Waals surface area contributed by atoms with E-state index in [0.717, 1.165) is 38.8 Å². The first-order valence-electron chi connectivity index (χ1n) is 9.68. The Morgan fingerprint density at radius 1 is 1.33 bits per heavy atom. The van der Waals surface area contributed by atoms with Crippen LogP contribution < -0.4 is 5.32 Å². The Hall–Kier alpha value is -0.910. The third kappa shape index (κ3) is 4.80. The highest BCUT2D eigenvalue weighted by Crippen LogP contribution is 2.32. The van der Waals surface area contributed by atoms with Crippen molar-refractivity contribution in [2.45, 2.75) is 63.5 Å². The first-order chi connectivity index (χ1) is 11.7. The van der Waals surface area contributed by atoms with Crippen LogP contribution in [0.25, 0.3) is 0 Å². The molecule has 5 heteroatoms. The number of carbonyl (C=O) groups excluding carboxylic acids is 1. The van der Waals surface area contributed by atoms with Crippen molar-refractivity contribution in [3.63, 3.8) is 0 Å². The first kappa shape index (κ1) is 17.9. The van der Waals surface area contributed by atoms with Gasteiger partial charge in [-0.3, -0.25) is 9.69 Å². The highest BCUT2D eigenvalue weighted by molar-refractivity contribution is 5.78. The van der Waals surface area contributed by atoms with E-state index < -0.39 is 0 Å². The van der Waals surface area contributed by atoms with Crippen LogP contribution in [0.3, 0.4) is 0 Å². The fourth-order valence-electron chi connectivity index (χ4n) is 4.40. The van der Waals surface area contributed by atoms with Crippen molar-refractivity contribution in [3.05, 3.63) is 11.6 Å². The minimum absolute atomic E-state index is 0.103. The highest BCUT2D eigenvalue weighted by atomic mass is 16.5. The maximum absolute atomic E-state index is 12.3. The lowest BCUT2D eigenvalue weighted by Crippen LogP contribution is -2.54. The molecule has 136 valence electrons. The van der Waals surface area contributed by atoms with Gasteiger partial charge in [-0.05, 0) is 44.9 Å². The van der Waals surface area contributed by atoms with Crippen molar-refractivity contribution in [1.82, 2.24) is 10.2 Å². The number of hydrogen-bond acceptors (Lipinski definition) is 4. The van der Waals surface area contributed by atoms with Crippen molar-refractivity contribution in [2.75, 3.05) is 32.8 Å². The van der Waals surface area contributed by atoms with Gasteiger partial charge in [-0.25, -0.2) is 0 Å². The second-order valence-corrected chi connectivity index (χ2v) is 7.48. The summed E-state index contributed by atoms with van der Waals surface area (Å²) in [5.41, 5.74) is 1.50. The maximum Gasteiger partial charge on any atom is 0.234 e. The van der Waals surface area contributed by atoms with Gasteiger partial charge in [-0.2, -0.15) is 0 Å². The molecule has 3 rings (SSSR count). The molecule has 3 atom stereocenters. The zero-order valence-electron chi connectivity index (χ0n) is 14.7. The molecule has 0 aromatic heterocycles. The van der Waals surface area contributed by atoms with Gasteiger partial charge in [-0.15, -0.1) is 0 Å². The molecule has 0 aromatic rings. The lowest BCUT2D eigenvalue weighted by Gasteiger charge is -2.39. The van der Waals surface area contributed by atoms with Crippen LogP contribution in [0.4, 0.5) is 0 Å². The molecule has 2 N–H and O–H groups in total. The molecule has 0 bridgehead atoms. The molecule has 3 aliphatic rings. The first-order valence-corrected chi connectivity index (χ1v) is 9.68. The summed E-state index contributed by atoms with van der Waals surface area (Å²) in [5, 5.41) is 13.3. The molecule has 1 heterocycles. The lowest BCUT2D eigenvalue weighted by molar-refractivity contribution is -0.126. The van der Waals surface area contributed by atoms with Gasteiger partial charge in [0.2, 0.25) is 5.91 Å². The zero-order chi connectivity index (χ0) is 16.8. The number of hydrogen-bond donors (Lipinski definition) is 2. The van der Waals surface area contributed by atoms with E-state index in [1.54, 1.807) is 0 Å². The molecule has 0 spiro atoms. The second kappa shape index (κ2) is 8.97. The Bertz CT molecular complexity index is 452. The molecule has 2 fully saturated rings. The molecule has 1 saturated carbocycles. The molecule has 1 saturated heterocycles. The minimum Gasteiger partial charge on any atom is -0.393 e. The van der Waals surface area contributed by atoms with E-state index in [1.807, 2.05) is 0 Å². The van der Waals surface area contributed by atoms with Gasteiger partial charge in [0, 0.05) is 25.0 Å². The SMILES string of the molecule is O=C(CN1CCOCC1C1CCCC1O)NCCC1=CCCCC1. The van der Waals surface area contributed by atoms with Gasteiger partial charge in [0.05, 0.1) is 25.9 Å². The maximum atomic E-state index is 12.3. The summed E-state index contributed by atoms with van der Waals surface area (Å²) in [6.07, 6.45) is 11.1. The summed E-state index contributed by atoms with van der Waals surface area (Å²) in [6.45, 7) is 3.27. The average molecular weight is 336 g/mol. The predicted octanol–water partition coefficient (Wildman–Crippen LogP) is 1.85. The van der Waals surface area contributed by atoms with Crippen LogP contribution in [0.1, 0.15) is 51.4 Å². The number of morpholine rings is 1. The number of aliphatic hydroxyl groups is 1. The van der Waals surface area contributed by atoms with E-state index in [4.69, 9.17) is 4.74 Å². The minimum atomic E-state index is -0.236. The molecule has 5 nitrogen and oxygen atoms in total. The number of rotatable bonds is 6.